The van der Waals surface area contributed by atoms with Gasteiger partial charge in [-0.25, -0.2) is 4.79 Å². The quantitative estimate of drug-likeness (QED) is 0.822. The van der Waals surface area contributed by atoms with E-state index in [1.807, 2.05) is 20.8 Å². The summed E-state index contributed by atoms with van der Waals surface area (Å²) >= 11 is 0. The van der Waals surface area contributed by atoms with Crippen molar-refractivity contribution in [1.82, 2.24) is 10.6 Å². The highest BCUT2D eigenvalue weighted by Gasteiger charge is 2.25. The first-order chi connectivity index (χ1) is 9.30. The molecule has 0 aromatic heterocycles. The van der Waals surface area contributed by atoms with E-state index < -0.39 is 5.60 Å². The van der Waals surface area contributed by atoms with Crippen LogP contribution in [0.3, 0.4) is 0 Å². The highest BCUT2D eigenvalue weighted by Crippen LogP contribution is 2.19. The molecular formula is C14H26N2O4. The van der Waals surface area contributed by atoms with E-state index in [1.54, 1.807) is 0 Å². The maximum atomic E-state index is 11.7. The molecule has 0 aromatic rings. The van der Waals surface area contributed by atoms with Gasteiger partial charge < -0.3 is 20.1 Å². The number of ether oxygens (including phenoxy) is 2. The average molecular weight is 286 g/mol. The van der Waals surface area contributed by atoms with Crippen LogP contribution < -0.4 is 10.6 Å². The largest absolute Gasteiger partial charge is 0.444 e. The lowest BCUT2D eigenvalue weighted by Gasteiger charge is -2.30. The number of carbonyl (C=O) groups excluding carboxylic acids is 2. The van der Waals surface area contributed by atoms with Crippen LogP contribution in [0.25, 0.3) is 0 Å². The molecule has 116 valence electrons. The van der Waals surface area contributed by atoms with Gasteiger partial charge >= 0.3 is 6.09 Å². The minimum absolute atomic E-state index is 0.0870. The molecule has 6 heteroatoms. The van der Waals surface area contributed by atoms with Gasteiger partial charge in [0, 0.05) is 19.2 Å². The molecule has 0 saturated heterocycles. The van der Waals surface area contributed by atoms with E-state index in [4.69, 9.17) is 9.47 Å². The topological polar surface area (TPSA) is 76.7 Å². The standard InChI is InChI=1S/C14H26N2O4/c1-14(2,3)20-13(18)16-11-7-5-10(6-8-11)15-12(17)9-19-4/h10-11H,5-9H2,1-4H3,(H,15,17)(H,16,18). The third-order valence-corrected chi connectivity index (χ3v) is 3.09. The van der Waals surface area contributed by atoms with Crippen molar-refractivity contribution in [2.45, 2.75) is 64.1 Å². The third kappa shape index (κ3) is 6.75. The predicted molar refractivity (Wildman–Crippen MR) is 75.4 cm³/mol. The van der Waals surface area contributed by atoms with Crippen LogP contribution in [-0.4, -0.2) is 43.4 Å². The summed E-state index contributed by atoms with van der Waals surface area (Å²) in [5.41, 5.74) is -0.477. The summed E-state index contributed by atoms with van der Waals surface area (Å²) < 4.78 is 10.0. The Morgan fingerprint density at radius 1 is 1.05 bits per heavy atom. The van der Waals surface area contributed by atoms with E-state index in [0.717, 1.165) is 25.7 Å². The molecule has 0 heterocycles. The summed E-state index contributed by atoms with van der Waals surface area (Å²) in [6, 6.07) is 0.301. The zero-order valence-electron chi connectivity index (χ0n) is 12.8. The Balaban J connectivity index is 2.25. The van der Waals surface area contributed by atoms with Gasteiger partial charge in [-0.2, -0.15) is 0 Å². The number of carbonyl (C=O) groups is 2. The van der Waals surface area contributed by atoms with E-state index in [0.29, 0.717) is 0 Å². The second-order valence-corrected chi connectivity index (χ2v) is 6.20. The zero-order valence-corrected chi connectivity index (χ0v) is 12.8. The van der Waals surface area contributed by atoms with Crippen molar-refractivity contribution in [1.29, 1.82) is 0 Å². The molecule has 1 fully saturated rings. The van der Waals surface area contributed by atoms with Gasteiger partial charge in [-0.1, -0.05) is 0 Å². The Kier molecular flexibility index (Phi) is 6.26. The normalized spacial score (nSPS) is 23.0. The molecule has 0 aliphatic heterocycles. The van der Waals surface area contributed by atoms with Crippen molar-refractivity contribution in [3.05, 3.63) is 0 Å². The Morgan fingerprint density at radius 3 is 2.00 bits per heavy atom. The van der Waals surface area contributed by atoms with Crippen LogP contribution in [0.4, 0.5) is 4.79 Å². The molecule has 0 aromatic carbocycles. The maximum Gasteiger partial charge on any atom is 0.407 e. The first-order valence-corrected chi connectivity index (χ1v) is 7.08. The third-order valence-electron chi connectivity index (χ3n) is 3.09. The van der Waals surface area contributed by atoms with Crippen LogP contribution in [0.15, 0.2) is 0 Å². The molecule has 0 spiro atoms. The minimum Gasteiger partial charge on any atom is -0.444 e. The van der Waals surface area contributed by atoms with Crippen LogP contribution >= 0.6 is 0 Å². The molecule has 1 aliphatic carbocycles. The molecule has 0 bridgehead atoms. The molecule has 1 saturated carbocycles. The number of rotatable bonds is 4. The van der Waals surface area contributed by atoms with Crippen molar-refractivity contribution in [3.8, 4) is 0 Å². The summed E-state index contributed by atoms with van der Waals surface area (Å²) in [6.45, 7) is 5.62. The number of nitrogens with one attached hydrogen (secondary N) is 2. The summed E-state index contributed by atoms with van der Waals surface area (Å²) in [6.07, 6.45) is 3.03. The van der Waals surface area contributed by atoms with Gasteiger partial charge in [-0.15, -0.1) is 0 Å². The van der Waals surface area contributed by atoms with Gasteiger partial charge in [0.1, 0.15) is 12.2 Å². The first kappa shape index (κ1) is 16.8. The minimum atomic E-state index is -0.477. The number of hydrogen-bond acceptors (Lipinski definition) is 4. The highest BCUT2D eigenvalue weighted by molar-refractivity contribution is 5.77. The lowest BCUT2D eigenvalue weighted by atomic mass is 9.91. The van der Waals surface area contributed by atoms with Gasteiger partial charge in [-0.3, -0.25) is 4.79 Å². The van der Waals surface area contributed by atoms with Crippen LogP contribution in [0, 0.1) is 0 Å². The fraction of sp³-hybridized carbons (Fsp3) is 0.857. The van der Waals surface area contributed by atoms with Gasteiger partial charge in [0.2, 0.25) is 5.91 Å². The lowest BCUT2D eigenvalue weighted by Crippen LogP contribution is -2.45. The Morgan fingerprint density at radius 2 is 1.55 bits per heavy atom. The molecule has 1 rings (SSSR count). The number of amides is 2. The zero-order chi connectivity index (χ0) is 15.2. The summed E-state index contributed by atoms with van der Waals surface area (Å²) in [4.78, 5) is 23.1. The van der Waals surface area contributed by atoms with E-state index >= 15 is 0 Å². The molecular weight excluding hydrogens is 260 g/mol. The first-order valence-electron chi connectivity index (χ1n) is 7.08. The van der Waals surface area contributed by atoms with E-state index in [2.05, 4.69) is 10.6 Å². The smallest absolute Gasteiger partial charge is 0.407 e. The molecule has 0 radical (unpaired) electrons. The Bertz CT molecular complexity index is 331. The van der Waals surface area contributed by atoms with Crippen LogP contribution in [-0.2, 0) is 14.3 Å². The van der Waals surface area contributed by atoms with Gasteiger partial charge in [0.05, 0.1) is 0 Å². The van der Waals surface area contributed by atoms with E-state index in [1.165, 1.54) is 7.11 Å². The van der Waals surface area contributed by atoms with Gasteiger partial charge in [0.25, 0.3) is 0 Å². The van der Waals surface area contributed by atoms with Crippen molar-refractivity contribution in [2.75, 3.05) is 13.7 Å². The van der Waals surface area contributed by atoms with Crippen molar-refractivity contribution < 1.29 is 19.1 Å². The van der Waals surface area contributed by atoms with Crippen molar-refractivity contribution >= 4 is 12.0 Å². The summed E-state index contributed by atoms with van der Waals surface area (Å²) in [7, 11) is 1.50. The second-order valence-electron chi connectivity index (χ2n) is 6.20. The monoisotopic (exact) mass is 286 g/mol. The summed E-state index contributed by atoms with van der Waals surface area (Å²) in [5.74, 6) is -0.0870. The lowest BCUT2D eigenvalue weighted by molar-refractivity contribution is -0.125. The van der Waals surface area contributed by atoms with E-state index in [-0.39, 0.29) is 30.7 Å². The van der Waals surface area contributed by atoms with Crippen molar-refractivity contribution in [2.24, 2.45) is 0 Å². The molecule has 0 unspecified atom stereocenters. The average Bonchev–Trinajstić information content (AvgIpc) is 2.29. The Hall–Kier alpha value is -1.30. The fourth-order valence-corrected chi connectivity index (χ4v) is 2.26. The molecule has 6 nitrogen and oxygen atoms in total. The highest BCUT2D eigenvalue weighted by atomic mass is 16.6. The van der Waals surface area contributed by atoms with Crippen LogP contribution in [0.5, 0.6) is 0 Å². The second kappa shape index (κ2) is 7.47. The van der Waals surface area contributed by atoms with Gasteiger partial charge in [0.15, 0.2) is 0 Å². The van der Waals surface area contributed by atoms with Crippen molar-refractivity contribution in [3.63, 3.8) is 0 Å². The molecule has 2 N–H and O–H groups in total. The molecule has 1 aliphatic rings. The number of methoxy groups -OCH3 is 1. The predicted octanol–water partition coefficient (Wildman–Crippen LogP) is 1.58. The number of alkyl carbamates (subject to hydrolysis) is 1. The molecule has 0 atom stereocenters. The molecule has 2 amide bonds. The SMILES string of the molecule is COCC(=O)NC1CCC(NC(=O)OC(C)(C)C)CC1. The summed E-state index contributed by atoms with van der Waals surface area (Å²) in [5, 5.41) is 5.80. The maximum absolute atomic E-state index is 11.7. The van der Waals surface area contributed by atoms with Crippen LogP contribution in [0.1, 0.15) is 46.5 Å². The Labute approximate surface area is 120 Å². The fourth-order valence-electron chi connectivity index (χ4n) is 2.26. The number of hydrogen-bond donors (Lipinski definition) is 2. The molecule has 20 heavy (non-hydrogen) atoms. The van der Waals surface area contributed by atoms with E-state index in [9.17, 15) is 9.59 Å². The van der Waals surface area contributed by atoms with Crippen LogP contribution in [0.2, 0.25) is 0 Å². The van der Waals surface area contributed by atoms with Gasteiger partial charge in [-0.05, 0) is 46.5 Å².